The molecule has 0 radical (unpaired) electrons. The predicted molar refractivity (Wildman–Crippen MR) is 100 cm³/mol. The first-order chi connectivity index (χ1) is 12.7. The van der Waals surface area contributed by atoms with Crippen LogP contribution in [0.25, 0.3) is 0 Å². The first-order valence-corrected chi connectivity index (χ1v) is 9.10. The van der Waals surface area contributed by atoms with Gasteiger partial charge in [-0.25, -0.2) is 4.98 Å². The average Bonchev–Trinajstić information content (AvgIpc) is 3.17. The standard InChI is InChI=1S/C20H22N4O2/c25-18-12-22-19-17(24(18)13-14-6-2-1-3-7-14)10-15(11-21-19)20(26)23-16-8-4-5-9-16/h1-3,6-7,10-11,16H,4-5,8-9,12-13H2,(H,21,22)(H,23,26). The van der Waals surface area contributed by atoms with Gasteiger partial charge in [-0.3, -0.25) is 9.59 Å². The molecule has 1 aromatic heterocycles. The Bertz CT molecular complexity index is 816. The molecular weight excluding hydrogens is 328 g/mol. The average molecular weight is 350 g/mol. The Hall–Kier alpha value is -2.89. The fourth-order valence-corrected chi connectivity index (χ4v) is 3.59. The van der Waals surface area contributed by atoms with Crippen LogP contribution in [-0.4, -0.2) is 29.4 Å². The van der Waals surface area contributed by atoms with Crippen molar-refractivity contribution in [2.24, 2.45) is 0 Å². The molecule has 1 aliphatic heterocycles. The van der Waals surface area contributed by atoms with E-state index in [9.17, 15) is 9.59 Å². The summed E-state index contributed by atoms with van der Waals surface area (Å²) in [5.41, 5.74) is 2.18. The van der Waals surface area contributed by atoms with Crippen molar-refractivity contribution in [3.63, 3.8) is 0 Å². The minimum atomic E-state index is -0.120. The number of fused-ring (bicyclic) bond motifs is 1. The van der Waals surface area contributed by atoms with Crippen molar-refractivity contribution in [2.75, 3.05) is 16.8 Å². The van der Waals surface area contributed by atoms with E-state index < -0.39 is 0 Å². The molecule has 1 aliphatic carbocycles. The normalized spacial score (nSPS) is 16.9. The molecule has 0 saturated heterocycles. The molecule has 0 atom stereocenters. The van der Waals surface area contributed by atoms with Crippen LogP contribution in [0, 0.1) is 0 Å². The van der Waals surface area contributed by atoms with E-state index >= 15 is 0 Å². The summed E-state index contributed by atoms with van der Waals surface area (Å²) in [4.78, 5) is 31.1. The van der Waals surface area contributed by atoms with E-state index in [2.05, 4.69) is 15.6 Å². The highest BCUT2D eigenvalue weighted by Crippen LogP contribution is 2.30. The summed E-state index contributed by atoms with van der Waals surface area (Å²) in [5.74, 6) is 0.485. The van der Waals surface area contributed by atoms with Crippen LogP contribution < -0.4 is 15.5 Å². The minimum absolute atomic E-state index is 0.0310. The van der Waals surface area contributed by atoms with Crippen molar-refractivity contribution >= 4 is 23.3 Å². The number of nitrogens with one attached hydrogen (secondary N) is 2. The number of anilines is 2. The molecule has 2 aromatic rings. The van der Waals surface area contributed by atoms with E-state index in [-0.39, 0.29) is 24.4 Å². The van der Waals surface area contributed by atoms with Crippen LogP contribution >= 0.6 is 0 Å². The highest BCUT2D eigenvalue weighted by Gasteiger charge is 2.27. The fraction of sp³-hybridized carbons (Fsp3) is 0.350. The molecule has 1 saturated carbocycles. The molecule has 2 N–H and O–H groups in total. The Morgan fingerprint density at radius 3 is 2.77 bits per heavy atom. The third kappa shape index (κ3) is 3.40. The second-order valence-corrected chi connectivity index (χ2v) is 6.87. The number of carbonyl (C=O) groups is 2. The van der Waals surface area contributed by atoms with Crippen LogP contribution in [-0.2, 0) is 11.3 Å². The number of nitrogens with zero attached hydrogens (tertiary/aromatic N) is 2. The molecule has 0 bridgehead atoms. The molecule has 2 aliphatic rings. The van der Waals surface area contributed by atoms with Crippen molar-refractivity contribution < 1.29 is 9.59 Å². The van der Waals surface area contributed by atoms with Crippen LogP contribution in [0.15, 0.2) is 42.6 Å². The summed E-state index contributed by atoms with van der Waals surface area (Å²) in [6.07, 6.45) is 5.97. The van der Waals surface area contributed by atoms with Crippen molar-refractivity contribution in [3.05, 3.63) is 53.7 Å². The zero-order valence-corrected chi connectivity index (χ0v) is 14.6. The first kappa shape index (κ1) is 16.6. The van der Waals surface area contributed by atoms with Crippen molar-refractivity contribution in [2.45, 2.75) is 38.3 Å². The van der Waals surface area contributed by atoms with Gasteiger partial charge in [0.2, 0.25) is 5.91 Å². The Morgan fingerprint density at radius 2 is 2.00 bits per heavy atom. The highest BCUT2D eigenvalue weighted by atomic mass is 16.2. The fourth-order valence-electron chi connectivity index (χ4n) is 3.59. The second-order valence-electron chi connectivity index (χ2n) is 6.87. The van der Waals surface area contributed by atoms with Gasteiger partial charge in [0.25, 0.3) is 5.91 Å². The number of hydrogen-bond donors (Lipinski definition) is 2. The van der Waals surface area contributed by atoms with Crippen molar-refractivity contribution in [1.82, 2.24) is 10.3 Å². The van der Waals surface area contributed by atoms with Gasteiger partial charge in [-0.1, -0.05) is 43.2 Å². The third-order valence-electron chi connectivity index (χ3n) is 5.00. The Morgan fingerprint density at radius 1 is 1.23 bits per heavy atom. The first-order valence-electron chi connectivity index (χ1n) is 9.10. The number of hydrogen-bond acceptors (Lipinski definition) is 4. The maximum absolute atomic E-state index is 12.6. The summed E-state index contributed by atoms with van der Waals surface area (Å²) in [5, 5.41) is 6.11. The van der Waals surface area contributed by atoms with Gasteiger partial charge in [0.15, 0.2) is 5.82 Å². The second kappa shape index (κ2) is 7.15. The molecule has 4 rings (SSSR count). The molecule has 134 valence electrons. The van der Waals surface area contributed by atoms with Gasteiger partial charge in [0, 0.05) is 12.2 Å². The largest absolute Gasteiger partial charge is 0.359 e. The van der Waals surface area contributed by atoms with Gasteiger partial charge in [0.1, 0.15) is 0 Å². The molecule has 0 unspecified atom stereocenters. The molecule has 2 amide bonds. The Labute approximate surface area is 152 Å². The molecule has 6 heteroatoms. The molecule has 6 nitrogen and oxygen atoms in total. The van der Waals surface area contributed by atoms with E-state index in [1.807, 2.05) is 30.3 Å². The van der Waals surface area contributed by atoms with Gasteiger partial charge in [-0.05, 0) is 24.5 Å². The minimum Gasteiger partial charge on any atom is -0.359 e. The topological polar surface area (TPSA) is 74.3 Å². The van der Waals surface area contributed by atoms with Crippen LogP contribution in [0.1, 0.15) is 41.6 Å². The Kier molecular flexibility index (Phi) is 4.56. The number of amides is 2. The zero-order chi connectivity index (χ0) is 17.9. The third-order valence-corrected chi connectivity index (χ3v) is 5.00. The summed E-state index contributed by atoms with van der Waals surface area (Å²) in [6, 6.07) is 11.8. The van der Waals surface area contributed by atoms with Crippen LogP contribution in [0.5, 0.6) is 0 Å². The molecule has 0 spiro atoms. The monoisotopic (exact) mass is 350 g/mol. The maximum Gasteiger partial charge on any atom is 0.253 e. The SMILES string of the molecule is O=C(NC1CCCC1)c1cnc2c(c1)N(Cc1ccccc1)C(=O)CN2. The summed E-state index contributed by atoms with van der Waals surface area (Å²) < 4.78 is 0. The van der Waals surface area contributed by atoms with Gasteiger partial charge in [-0.2, -0.15) is 0 Å². The lowest BCUT2D eigenvalue weighted by atomic mass is 10.1. The number of pyridine rings is 1. The molecular formula is C20H22N4O2. The molecule has 1 aromatic carbocycles. The smallest absolute Gasteiger partial charge is 0.253 e. The number of benzene rings is 1. The number of rotatable bonds is 4. The van der Waals surface area contributed by atoms with E-state index in [0.29, 0.717) is 23.6 Å². The van der Waals surface area contributed by atoms with Crippen LogP contribution in [0.4, 0.5) is 11.5 Å². The highest BCUT2D eigenvalue weighted by molar-refractivity contribution is 6.04. The van der Waals surface area contributed by atoms with Gasteiger partial charge < -0.3 is 15.5 Å². The zero-order valence-electron chi connectivity index (χ0n) is 14.6. The van der Waals surface area contributed by atoms with Crippen LogP contribution in [0.3, 0.4) is 0 Å². The number of aromatic nitrogens is 1. The number of carbonyl (C=O) groups excluding carboxylic acids is 2. The Balaban J connectivity index is 1.59. The van der Waals surface area contributed by atoms with Crippen LogP contribution in [0.2, 0.25) is 0 Å². The van der Waals surface area contributed by atoms with E-state index in [1.54, 1.807) is 17.2 Å². The van der Waals surface area contributed by atoms with E-state index in [0.717, 1.165) is 31.2 Å². The van der Waals surface area contributed by atoms with Gasteiger partial charge >= 0.3 is 0 Å². The predicted octanol–water partition coefficient (Wildman–Crippen LogP) is 2.71. The summed E-state index contributed by atoms with van der Waals surface area (Å²) in [6.45, 7) is 0.671. The summed E-state index contributed by atoms with van der Waals surface area (Å²) >= 11 is 0. The van der Waals surface area contributed by atoms with Crippen molar-refractivity contribution in [1.29, 1.82) is 0 Å². The molecule has 1 fully saturated rings. The van der Waals surface area contributed by atoms with Crippen molar-refractivity contribution in [3.8, 4) is 0 Å². The van der Waals surface area contributed by atoms with E-state index in [1.165, 1.54) is 0 Å². The molecule has 2 heterocycles. The lowest BCUT2D eigenvalue weighted by Crippen LogP contribution is -2.40. The lowest BCUT2D eigenvalue weighted by Gasteiger charge is -2.30. The quantitative estimate of drug-likeness (QED) is 0.889. The van der Waals surface area contributed by atoms with E-state index in [4.69, 9.17) is 0 Å². The van der Waals surface area contributed by atoms with Gasteiger partial charge in [-0.15, -0.1) is 0 Å². The van der Waals surface area contributed by atoms with Gasteiger partial charge in [0.05, 0.1) is 24.3 Å². The lowest BCUT2D eigenvalue weighted by molar-refractivity contribution is -0.117. The summed E-state index contributed by atoms with van der Waals surface area (Å²) in [7, 11) is 0. The molecule has 26 heavy (non-hydrogen) atoms. The maximum atomic E-state index is 12.6.